The number of halogens is 2. The molecule has 0 spiro atoms. The van der Waals surface area contributed by atoms with Crippen LogP contribution in [0.5, 0.6) is 0 Å². The average Bonchev–Trinajstić information content (AvgIpc) is 2.09. The Hall–Kier alpha value is -0.960. The van der Waals surface area contributed by atoms with E-state index in [2.05, 4.69) is 15.2 Å². The van der Waals surface area contributed by atoms with Crippen molar-refractivity contribution in [2.75, 3.05) is 0 Å². The zero-order valence-electron chi connectivity index (χ0n) is 6.66. The van der Waals surface area contributed by atoms with Crippen LogP contribution in [-0.2, 0) is 4.79 Å². The molecule has 1 atom stereocenters. The monoisotopic (exact) mass is 217 g/mol. The first-order valence-corrected chi connectivity index (χ1v) is 4.16. The minimum absolute atomic E-state index is 0.191. The molecule has 1 aromatic rings. The van der Waals surface area contributed by atoms with Crippen molar-refractivity contribution >= 4 is 29.3 Å². The summed E-state index contributed by atoms with van der Waals surface area (Å²) >= 11 is 11.3. The Morgan fingerprint density at radius 3 is 2.85 bits per heavy atom. The van der Waals surface area contributed by atoms with Crippen molar-refractivity contribution in [3.05, 3.63) is 21.9 Å². The Morgan fingerprint density at radius 1 is 1.54 bits per heavy atom. The van der Waals surface area contributed by atoms with E-state index in [9.17, 15) is 4.79 Å². The SMILES string of the molecule is CC(N=C=O)c1cc(Cl)nnc1Cl. The third-order valence-corrected chi connectivity index (χ3v) is 1.92. The predicted molar refractivity (Wildman–Crippen MR) is 48.6 cm³/mol. The summed E-state index contributed by atoms with van der Waals surface area (Å²) in [6.07, 6.45) is 1.44. The molecule has 0 radical (unpaired) electrons. The predicted octanol–water partition coefficient (Wildman–Crippen LogP) is 2.18. The maximum atomic E-state index is 9.98. The highest BCUT2D eigenvalue weighted by Crippen LogP contribution is 2.24. The van der Waals surface area contributed by atoms with Gasteiger partial charge in [-0.15, -0.1) is 10.2 Å². The van der Waals surface area contributed by atoms with Gasteiger partial charge >= 0.3 is 0 Å². The number of aliphatic imine (C=N–C) groups is 1. The first-order valence-electron chi connectivity index (χ1n) is 3.40. The normalized spacial score (nSPS) is 11.9. The molecule has 68 valence electrons. The smallest absolute Gasteiger partial charge is 0.211 e. The first kappa shape index (κ1) is 10.1. The van der Waals surface area contributed by atoms with E-state index in [0.717, 1.165) is 0 Å². The fraction of sp³-hybridized carbons (Fsp3) is 0.286. The van der Waals surface area contributed by atoms with Crippen LogP contribution in [0.15, 0.2) is 11.1 Å². The second-order valence-corrected chi connectivity index (χ2v) is 3.05. The fourth-order valence-corrected chi connectivity index (χ4v) is 1.21. The van der Waals surface area contributed by atoms with Crippen LogP contribution in [0.1, 0.15) is 18.5 Å². The van der Waals surface area contributed by atoms with Gasteiger partial charge in [0.05, 0.1) is 6.04 Å². The summed E-state index contributed by atoms with van der Waals surface area (Å²) in [4.78, 5) is 13.5. The maximum Gasteiger partial charge on any atom is 0.235 e. The van der Waals surface area contributed by atoms with Gasteiger partial charge in [-0.3, -0.25) is 0 Å². The second-order valence-electron chi connectivity index (χ2n) is 2.31. The van der Waals surface area contributed by atoms with Gasteiger partial charge in [0.25, 0.3) is 0 Å². The lowest BCUT2D eigenvalue weighted by molar-refractivity contribution is 0.559. The van der Waals surface area contributed by atoms with E-state index < -0.39 is 6.04 Å². The van der Waals surface area contributed by atoms with Crippen molar-refractivity contribution in [2.45, 2.75) is 13.0 Å². The van der Waals surface area contributed by atoms with Gasteiger partial charge in [-0.05, 0) is 13.0 Å². The number of hydrogen-bond donors (Lipinski definition) is 0. The summed E-state index contributed by atoms with van der Waals surface area (Å²) in [7, 11) is 0. The van der Waals surface area contributed by atoms with Crippen molar-refractivity contribution in [2.24, 2.45) is 4.99 Å². The lowest BCUT2D eigenvalue weighted by atomic mass is 10.2. The van der Waals surface area contributed by atoms with Crippen molar-refractivity contribution in [3.63, 3.8) is 0 Å². The molecule has 0 saturated heterocycles. The number of aromatic nitrogens is 2. The molecule has 4 nitrogen and oxygen atoms in total. The summed E-state index contributed by atoms with van der Waals surface area (Å²) in [5.74, 6) is 0. The molecule has 1 rings (SSSR count). The Labute approximate surface area is 84.6 Å². The molecular weight excluding hydrogens is 213 g/mol. The number of nitrogens with zero attached hydrogens (tertiary/aromatic N) is 3. The van der Waals surface area contributed by atoms with Gasteiger partial charge in [-0.25, -0.2) is 4.79 Å². The van der Waals surface area contributed by atoms with Crippen LogP contribution in [0, 0.1) is 0 Å². The zero-order chi connectivity index (χ0) is 9.84. The van der Waals surface area contributed by atoms with Gasteiger partial charge in [0.2, 0.25) is 6.08 Å². The van der Waals surface area contributed by atoms with Gasteiger partial charge in [0, 0.05) is 5.56 Å². The van der Waals surface area contributed by atoms with Crippen LogP contribution in [0.4, 0.5) is 0 Å². The molecular formula is C7H5Cl2N3O. The van der Waals surface area contributed by atoms with E-state index in [4.69, 9.17) is 23.2 Å². The molecule has 0 aliphatic rings. The fourth-order valence-electron chi connectivity index (χ4n) is 0.808. The van der Waals surface area contributed by atoms with Gasteiger partial charge in [-0.1, -0.05) is 23.2 Å². The van der Waals surface area contributed by atoms with E-state index in [1.807, 2.05) is 0 Å². The topological polar surface area (TPSA) is 55.2 Å². The third-order valence-electron chi connectivity index (χ3n) is 1.44. The van der Waals surface area contributed by atoms with Crippen molar-refractivity contribution in [3.8, 4) is 0 Å². The van der Waals surface area contributed by atoms with E-state index in [1.54, 1.807) is 6.92 Å². The highest BCUT2D eigenvalue weighted by molar-refractivity contribution is 6.31. The highest BCUT2D eigenvalue weighted by atomic mass is 35.5. The molecule has 1 aromatic heterocycles. The first-order chi connectivity index (χ1) is 6.15. The van der Waals surface area contributed by atoms with E-state index in [-0.39, 0.29) is 10.3 Å². The van der Waals surface area contributed by atoms with Crippen LogP contribution in [-0.4, -0.2) is 16.3 Å². The number of carbonyl (C=O) groups excluding carboxylic acids is 1. The minimum atomic E-state index is -0.405. The Balaban J connectivity index is 3.12. The standard InChI is InChI=1S/C7H5Cl2N3O/c1-4(10-3-13)5-2-6(8)11-12-7(5)9/h2,4H,1H3. The molecule has 0 aromatic carbocycles. The van der Waals surface area contributed by atoms with E-state index in [0.29, 0.717) is 5.56 Å². The van der Waals surface area contributed by atoms with Gasteiger partial charge in [0.1, 0.15) is 0 Å². The average molecular weight is 218 g/mol. The Bertz CT molecular complexity index is 363. The molecule has 6 heteroatoms. The molecule has 1 unspecified atom stereocenters. The Kier molecular flexibility index (Phi) is 3.37. The van der Waals surface area contributed by atoms with Crippen molar-refractivity contribution in [1.29, 1.82) is 0 Å². The lowest BCUT2D eigenvalue weighted by Gasteiger charge is -2.04. The lowest BCUT2D eigenvalue weighted by Crippen LogP contribution is -1.95. The molecule has 0 N–H and O–H groups in total. The summed E-state index contributed by atoms with van der Waals surface area (Å²) in [6.45, 7) is 1.68. The van der Waals surface area contributed by atoms with Crippen molar-refractivity contribution in [1.82, 2.24) is 10.2 Å². The maximum absolute atomic E-state index is 9.98. The minimum Gasteiger partial charge on any atom is -0.211 e. The van der Waals surface area contributed by atoms with E-state index >= 15 is 0 Å². The van der Waals surface area contributed by atoms with Crippen molar-refractivity contribution < 1.29 is 4.79 Å². The molecule has 0 fully saturated rings. The largest absolute Gasteiger partial charge is 0.235 e. The van der Waals surface area contributed by atoms with E-state index in [1.165, 1.54) is 12.1 Å². The molecule has 0 aliphatic heterocycles. The summed E-state index contributed by atoms with van der Waals surface area (Å²) in [6, 6.07) is 1.11. The van der Waals surface area contributed by atoms with Crippen LogP contribution in [0.3, 0.4) is 0 Å². The molecule has 0 bridgehead atoms. The zero-order valence-corrected chi connectivity index (χ0v) is 8.17. The van der Waals surface area contributed by atoms with Crippen LogP contribution >= 0.6 is 23.2 Å². The molecule has 13 heavy (non-hydrogen) atoms. The molecule has 1 heterocycles. The number of hydrogen-bond acceptors (Lipinski definition) is 4. The molecule has 0 saturated carbocycles. The van der Waals surface area contributed by atoms with Gasteiger partial charge in [0.15, 0.2) is 10.3 Å². The summed E-state index contributed by atoms with van der Waals surface area (Å²) in [5.41, 5.74) is 0.560. The number of rotatable bonds is 2. The van der Waals surface area contributed by atoms with Gasteiger partial charge in [-0.2, -0.15) is 4.99 Å². The third kappa shape index (κ3) is 2.49. The summed E-state index contributed by atoms with van der Waals surface area (Å²) < 4.78 is 0. The van der Waals surface area contributed by atoms with Gasteiger partial charge < -0.3 is 0 Å². The quantitative estimate of drug-likeness (QED) is 0.564. The highest BCUT2D eigenvalue weighted by Gasteiger charge is 2.10. The second kappa shape index (κ2) is 4.33. The van der Waals surface area contributed by atoms with Crippen LogP contribution in [0.25, 0.3) is 0 Å². The molecule has 0 aliphatic carbocycles. The van der Waals surface area contributed by atoms with Crippen LogP contribution in [0.2, 0.25) is 10.3 Å². The Morgan fingerprint density at radius 2 is 2.23 bits per heavy atom. The number of isocyanates is 1. The molecule has 0 amide bonds. The summed E-state index contributed by atoms with van der Waals surface area (Å²) in [5, 5.41) is 7.51. The van der Waals surface area contributed by atoms with Crippen LogP contribution < -0.4 is 0 Å².